The Morgan fingerprint density at radius 2 is 2.00 bits per heavy atom. The molecule has 1 amide bonds. The molecule has 21 heavy (non-hydrogen) atoms. The average Bonchev–Trinajstić information content (AvgIpc) is 2.65. The van der Waals surface area contributed by atoms with Gasteiger partial charge >= 0.3 is 0 Å². The van der Waals surface area contributed by atoms with Crippen LogP contribution in [0.2, 0.25) is 0 Å². The molecule has 1 fully saturated rings. The lowest BCUT2D eigenvalue weighted by molar-refractivity contribution is -0.118. The molecule has 1 aliphatic rings. The van der Waals surface area contributed by atoms with Crippen LogP contribution in [0, 0.1) is 13.8 Å². The van der Waals surface area contributed by atoms with E-state index in [-0.39, 0.29) is 17.7 Å². The fraction of sp³-hybridized carbons (Fsp3) is 0.625. The highest BCUT2D eigenvalue weighted by Gasteiger charge is 2.28. The molecular weight excluding hydrogens is 266 g/mol. The summed E-state index contributed by atoms with van der Waals surface area (Å²) < 4.78 is 0. The van der Waals surface area contributed by atoms with Crippen molar-refractivity contribution in [1.82, 2.24) is 15.1 Å². The van der Waals surface area contributed by atoms with E-state index in [2.05, 4.69) is 10.2 Å². The number of aryl methyl sites for hydroxylation is 2. The number of hydrogen-bond acceptors (Lipinski definition) is 4. The first kappa shape index (κ1) is 15.6. The molecular formula is C16H23N3O2. The summed E-state index contributed by atoms with van der Waals surface area (Å²) in [5, 5.41) is 8.02. The fourth-order valence-corrected chi connectivity index (χ4v) is 2.91. The molecule has 1 unspecified atom stereocenters. The Morgan fingerprint density at radius 3 is 2.71 bits per heavy atom. The molecule has 1 aliphatic heterocycles. The van der Waals surface area contributed by atoms with Gasteiger partial charge in [0.05, 0.1) is 17.0 Å². The summed E-state index contributed by atoms with van der Waals surface area (Å²) in [7, 11) is 0. The van der Waals surface area contributed by atoms with Gasteiger partial charge in [-0.2, -0.15) is 10.2 Å². The normalized spacial score (nSPS) is 19.2. The topological polar surface area (TPSA) is 63.2 Å². The minimum Gasteiger partial charge on any atom is -0.335 e. The third kappa shape index (κ3) is 3.86. The number of hydrogen-bond donors (Lipinski definition) is 0. The first-order chi connectivity index (χ1) is 9.99. The van der Waals surface area contributed by atoms with Gasteiger partial charge in [0.1, 0.15) is 5.78 Å². The molecule has 1 atom stereocenters. The van der Waals surface area contributed by atoms with Crippen molar-refractivity contribution in [3.05, 3.63) is 23.0 Å². The van der Waals surface area contributed by atoms with Gasteiger partial charge in [0, 0.05) is 19.0 Å². The Balaban J connectivity index is 2.28. The number of amides is 1. The number of aromatic nitrogens is 2. The number of rotatable bonds is 3. The Hall–Kier alpha value is -1.78. The Labute approximate surface area is 125 Å². The van der Waals surface area contributed by atoms with Gasteiger partial charge in [-0.25, -0.2) is 0 Å². The van der Waals surface area contributed by atoms with E-state index >= 15 is 0 Å². The number of ketones is 1. The van der Waals surface area contributed by atoms with E-state index in [1.165, 1.54) is 0 Å². The zero-order valence-corrected chi connectivity index (χ0v) is 13.1. The summed E-state index contributed by atoms with van der Waals surface area (Å²) in [5.41, 5.74) is 2.00. The van der Waals surface area contributed by atoms with Crippen LogP contribution in [0.5, 0.6) is 0 Å². The molecule has 0 aromatic carbocycles. The number of carbonyl (C=O) groups is 2. The van der Waals surface area contributed by atoms with Gasteiger partial charge in [0.25, 0.3) is 5.91 Å². The van der Waals surface area contributed by atoms with Crippen LogP contribution in [0.3, 0.4) is 0 Å². The third-order valence-corrected chi connectivity index (χ3v) is 3.99. The first-order valence-corrected chi connectivity index (χ1v) is 7.60. The van der Waals surface area contributed by atoms with Gasteiger partial charge in [-0.05, 0) is 39.7 Å². The van der Waals surface area contributed by atoms with E-state index < -0.39 is 0 Å². The second-order valence-electron chi connectivity index (χ2n) is 5.89. The molecule has 1 aromatic heterocycles. The smallest absolute Gasteiger partial charge is 0.256 e. The molecule has 2 heterocycles. The molecule has 0 bridgehead atoms. The van der Waals surface area contributed by atoms with Crippen LogP contribution in [-0.2, 0) is 4.79 Å². The van der Waals surface area contributed by atoms with Crippen molar-refractivity contribution in [2.75, 3.05) is 6.54 Å². The van der Waals surface area contributed by atoms with E-state index in [0.29, 0.717) is 17.7 Å². The van der Waals surface area contributed by atoms with Crippen LogP contribution in [0.15, 0.2) is 6.07 Å². The molecule has 5 heteroatoms. The van der Waals surface area contributed by atoms with E-state index in [9.17, 15) is 9.59 Å². The minimum absolute atomic E-state index is 0.0151. The van der Waals surface area contributed by atoms with E-state index in [0.717, 1.165) is 37.9 Å². The van der Waals surface area contributed by atoms with Crippen molar-refractivity contribution in [1.29, 1.82) is 0 Å². The molecule has 5 nitrogen and oxygen atoms in total. The maximum Gasteiger partial charge on any atom is 0.256 e. The molecule has 0 saturated carbocycles. The molecule has 0 spiro atoms. The monoisotopic (exact) mass is 289 g/mol. The van der Waals surface area contributed by atoms with Crippen molar-refractivity contribution >= 4 is 11.7 Å². The molecule has 114 valence electrons. The second-order valence-corrected chi connectivity index (χ2v) is 5.89. The zero-order chi connectivity index (χ0) is 15.4. The molecule has 1 saturated heterocycles. The summed E-state index contributed by atoms with van der Waals surface area (Å²) in [5.74, 6) is 0.124. The molecule has 0 N–H and O–H groups in total. The lowest BCUT2D eigenvalue weighted by Gasteiger charge is -2.30. The summed E-state index contributed by atoms with van der Waals surface area (Å²) in [6.07, 6.45) is 4.54. The number of likely N-dealkylation sites (tertiary alicyclic amines) is 1. The quantitative estimate of drug-likeness (QED) is 0.857. The summed E-state index contributed by atoms with van der Waals surface area (Å²) in [4.78, 5) is 26.2. The van der Waals surface area contributed by atoms with Crippen molar-refractivity contribution in [2.24, 2.45) is 0 Å². The highest BCUT2D eigenvalue weighted by Crippen LogP contribution is 2.22. The van der Waals surface area contributed by atoms with E-state index in [1.807, 2.05) is 11.8 Å². The van der Waals surface area contributed by atoms with Gasteiger partial charge in [0.2, 0.25) is 0 Å². The number of Topliss-reactive ketones (excluding diaryl/α,β-unsaturated/α-hetero) is 1. The van der Waals surface area contributed by atoms with Gasteiger partial charge in [-0.15, -0.1) is 0 Å². The predicted octanol–water partition coefficient (Wildman–Crippen LogP) is 2.46. The molecule has 2 rings (SSSR count). The first-order valence-electron chi connectivity index (χ1n) is 7.60. The summed E-state index contributed by atoms with van der Waals surface area (Å²) >= 11 is 0. The lowest BCUT2D eigenvalue weighted by Crippen LogP contribution is -2.41. The predicted molar refractivity (Wildman–Crippen MR) is 80.1 cm³/mol. The maximum absolute atomic E-state index is 12.9. The van der Waals surface area contributed by atoms with Crippen LogP contribution >= 0.6 is 0 Å². The van der Waals surface area contributed by atoms with Crippen LogP contribution in [0.25, 0.3) is 0 Å². The van der Waals surface area contributed by atoms with Gasteiger partial charge < -0.3 is 4.90 Å². The minimum atomic E-state index is -0.0151. The van der Waals surface area contributed by atoms with E-state index in [4.69, 9.17) is 0 Å². The summed E-state index contributed by atoms with van der Waals surface area (Å²) in [6.45, 7) is 5.95. The second kappa shape index (κ2) is 6.78. The van der Waals surface area contributed by atoms with Crippen LogP contribution < -0.4 is 0 Å². The van der Waals surface area contributed by atoms with Gasteiger partial charge in [-0.3, -0.25) is 9.59 Å². The van der Waals surface area contributed by atoms with Crippen molar-refractivity contribution < 1.29 is 9.59 Å². The lowest BCUT2D eigenvalue weighted by atomic mass is 10.0. The highest BCUT2D eigenvalue weighted by molar-refractivity contribution is 5.95. The van der Waals surface area contributed by atoms with Gasteiger partial charge in [-0.1, -0.05) is 12.8 Å². The number of nitrogens with zero attached hydrogens (tertiary/aromatic N) is 3. The largest absolute Gasteiger partial charge is 0.335 e. The Morgan fingerprint density at radius 1 is 1.24 bits per heavy atom. The highest BCUT2D eigenvalue weighted by atomic mass is 16.2. The number of carbonyl (C=O) groups excluding carboxylic acids is 2. The molecule has 1 aromatic rings. The van der Waals surface area contributed by atoms with Crippen molar-refractivity contribution in [3.63, 3.8) is 0 Å². The Kier molecular flexibility index (Phi) is 5.04. The summed E-state index contributed by atoms with van der Waals surface area (Å²) in [6, 6.07) is 1.81. The maximum atomic E-state index is 12.9. The Bertz CT molecular complexity index is 542. The van der Waals surface area contributed by atoms with Crippen molar-refractivity contribution in [2.45, 2.75) is 58.9 Å². The van der Waals surface area contributed by atoms with Gasteiger partial charge in [0.15, 0.2) is 0 Å². The molecule has 0 aliphatic carbocycles. The fourth-order valence-electron chi connectivity index (χ4n) is 2.91. The van der Waals surface area contributed by atoms with Crippen molar-refractivity contribution in [3.8, 4) is 0 Å². The van der Waals surface area contributed by atoms with Crippen LogP contribution in [0.4, 0.5) is 0 Å². The SMILES string of the molecule is CC(=O)CC1CCCCCN1C(=O)c1cc(C)nnc1C. The zero-order valence-electron chi connectivity index (χ0n) is 13.1. The standard InChI is InChI=1S/C16H23N3O2/c1-11-9-15(13(3)18-17-11)16(21)19-8-6-4-5-7-14(19)10-12(2)20/h9,14H,4-8,10H2,1-3H3. The third-order valence-electron chi connectivity index (χ3n) is 3.99. The molecule has 0 radical (unpaired) electrons. The van der Waals surface area contributed by atoms with Crippen LogP contribution in [-0.4, -0.2) is 39.4 Å². The van der Waals surface area contributed by atoms with E-state index in [1.54, 1.807) is 19.9 Å². The average molecular weight is 289 g/mol. The van der Waals surface area contributed by atoms with Crippen LogP contribution in [0.1, 0.15) is 60.8 Å².